The van der Waals surface area contributed by atoms with Crippen molar-refractivity contribution in [2.24, 2.45) is 0 Å². The molecule has 2 aromatic rings. The number of thioether (sulfide) groups is 1. The van der Waals surface area contributed by atoms with E-state index >= 15 is 0 Å². The fourth-order valence-corrected chi connectivity index (χ4v) is 5.52. The number of carbonyl (C=O) groups excluding carboxylic acids is 1. The van der Waals surface area contributed by atoms with E-state index in [1.807, 2.05) is 48.6 Å². The minimum atomic E-state index is -0.130. The number of nitrogens with zero attached hydrogens (tertiary/aromatic N) is 1. The Labute approximate surface area is 193 Å². The number of nitrogens with one attached hydrogen (secondary N) is 1. The lowest BCUT2D eigenvalue weighted by atomic mass is 10.0. The summed E-state index contributed by atoms with van der Waals surface area (Å²) >= 11 is 5.51. The van der Waals surface area contributed by atoms with Crippen molar-refractivity contribution < 1.29 is 9.28 Å². The van der Waals surface area contributed by atoms with Crippen LogP contribution in [-0.4, -0.2) is 41.5 Å². The number of likely N-dealkylation sites (N-methyl/N-ethyl adjacent to an activating group) is 1. The summed E-state index contributed by atoms with van der Waals surface area (Å²) in [6.07, 6.45) is 7.97. The summed E-state index contributed by atoms with van der Waals surface area (Å²) in [6, 6.07) is 16.8. The van der Waals surface area contributed by atoms with Crippen molar-refractivity contribution in [3.63, 3.8) is 0 Å². The van der Waals surface area contributed by atoms with Gasteiger partial charge in [0, 0.05) is 34.6 Å². The SMILES string of the molecule is C=CC[N+](C)(Cc1ccc(NC(=O)/C=C/c2cccc(Br)c2)cc1)C1CCSCC1. The number of halogens is 1. The average molecular weight is 486 g/mol. The molecule has 1 unspecified atom stereocenters. The minimum absolute atomic E-state index is 0.130. The zero-order valence-electron chi connectivity index (χ0n) is 17.5. The van der Waals surface area contributed by atoms with Crippen LogP contribution in [0.25, 0.3) is 6.08 Å². The van der Waals surface area contributed by atoms with Crippen molar-refractivity contribution >= 4 is 45.4 Å². The van der Waals surface area contributed by atoms with Gasteiger partial charge in [0.1, 0.15) is 6.54 Å². The summed E-state index contributed by atoms with van der Waals surface area (Å²) in [5, 5.41) is 2.94. The van der Waals surface area contributed by atoms with Crippen molar-refractivity contribution in [1.82, 2.24) is 0 Å². The molecule has 30 heavy (non-hydrogen) atoms. The van der Waals surface area contributed by atoms with Crippen LogP contribution in [0.2, 0.25) is 0 Å². The van der Waals surface area contributed by atoms with Gasteiger partial charge in [-0.1, -0.05) is 46.8 Å². The third-order valence-electron chi connectivity index (χ3n) is 5.66. The summed E-state index contributed by atoms with van der Waals surface area (Å²) in [5.74, 6) is 2.39. The molecule has 2 aromatic carbocycles. The summed E-state index contributed by atoms with van der Waals surface area (Å²) in [4.78, 5) is 12.3. The normalized spacial score (nSPS) is 16.9. The number of carbonyl (C=O) groups is 1. The van der Waals surface area contributed by atoms with Crippen LogP contribution in [0.1, 0.15) is 24.0 Å². The smallest absolute Gasteiger partial charge is 0.248 e. The number of hydrogen-bond donors (Lipinski definition) is 1. The number of quaternary nitrogens is 1. The maximum absolute atomic E-state index is 12.3. The maximum atomic E-state index is 12.3. The van der Waals surface area contributed by atoms with Gasteiger partial charge in [0.15, 0.2) is 0 Å². The van der Waals surface area contributed by atoms with Crippen LogP contribution in [0.5, 0.6) is 0 Å². The molecule has 5 heteroatoms. The summed E-state index contributed by atoms with van der Waals surface area (Å²) < 4.78 is 2.00. The molecule has 158 valence electrons. The Balaban J connectivity index is 1.60. The lowest BCUT2D eigenvalue weighted by Gasteiger charge is -2.43. The second-order valence-corrected chi connectivity index (χ2v) is 10.2. The Bertz CT molecular complexity index is 890. The zero-order valence-corrected chi connectivity index (χ0v) is 19.9. The van der Waals surface area contributed by atoms with Crippen molar-refractivity contribution in [2.45, 2.75) is 25.4 Å². The van der Waals surface area contributed by atoms with Gasteiger partial charge in [0.05, 0.1) is 19.6 Å². The van der Waals surface area contributed by atoms with Gasteiger partial charge >= 0.3 is 0 Å². The summed E-state index contributed by atoms with van der Waals surface area (Å²) in [6.45, 7) is 5.96. The summed E-state index contributed by atoms with van der Waals surface area (Å²) in [5.41, 5.74) is 3.09. The molecule has 0 aliphatic carbocycles. The molecule has 0 bridgehead atoms. The Kier molecular flexibility index (Phi) is 8.37. The van der Waals surface area contributed by atoms with E-state index in [0.717, 1.165) is 33.3 Å². The van der Waals surface area contributed by atoms with E-state index in [0.29, 0.717) is 6.04 Å². The zero-order chi connectivity index (χ0) is 21.4. The van der Waals surface area contributed by atoms with E-state index < -0.39 is 0 Å². The number of anilines is 1. The standard InChI is InChI=1S/C25H29BrN2OS/c1-3-15-28(2,24-13-16-30-17-14-24)19-21-7-10-23(11-8-21)27-25(29)12-9-20-5-4-6-22(26)18-20/h3-12,18,24H,1,13-17,19H2,2H3/p+1/b12-9+. The van der Waals surface area contributed by atoms with Crippen molar-refractivity contribution in [3.8, 4) is 0 Å². The topological polar surface area (TPSA) is 29.1 Å². The highest BCUT2D eigenvalue weighted by Crippen LogP contribution is 2.28. The Hall–Kier alpha value is -1.82. The van der Waals surface area contributed by atoms with Crippen LogP contribution in [0.4, 0.5) is 5.69 Å². The molecular formula is C25H30BrN2OS+. The van der Waals surface area contributed by atoms with Crippen LogP contribution >= 0.6 is 27.7 Å². The Morgan fingerprint density at radius 2 is 1.97 bits per heavy atom. The molecule has 1 atom stereocenters. The fourth-order valence-electron chi connectivity index (χ4n) is 4.02. The average Bonchev–Trinajstić information content (AvgIpc) is 2.75. The van der Waals surface area contributed by atoms with Crippen LogP contribution in [0.3, 0.4) is 0 Å². The van der Waals surface area contributed by atoms with Gasteiger partial charge in [0.25, 0.3) is 0 Å². The van der Waals surface area contributed by atoms with Crippen molar-refractivity contribution in [3.05, 3.63) is 82.9 Å². The molecule has 0 aromatic heterocycles. The van der Waals surface area contributed by atoms with Crippen molar-refractivity contribution in [2.75, 3.05) is 30.4 Å². The maximum Gasteiger partial charge on any atom is 0.248 e. The molecule has 1 fully saturated rings. The van der Waals surface area contributed by atoms with E-state index in [1.54, 1.807) is 6.08 Å². The molecule has 3 nitrogen and oxygen atoms in total. The molecule has 1 amide bonds. The first-order chi connectivity index (χ1) is 14.5. The van der Waals surface area contributed by atoms with E-state index in [4.69, 9.17) is 0 Å². The van der Waals surface area contributed by atoms with E-state index in [-0.39, 0.29) is 5.91 Å². The molecule has 1 aliphatic heterocycles. The van der Waals surface area contributed by atoms with Crippen molar-refractivity contribution in [1.29, 1.82) is 0 Å². The third kappa shape index (κ3) is 6.59. The van der Waals surface area contributed by atoms with Gasteiger partial charge in [-0.05, 0) is 53.5 Å². The molecule has 0 saturated carbocycles. The monoisotopic (exact) mass is 485 g/mol. The van der Waals surface area contributed by atoms with Gasteiger partial charge in [-0.25, -0.2) is 0 Å². The summed E-state index contributed by atoms with van der Waals surface area (Å²) in [7, 11) is 2.35. The number of benzene rings is 2. The van der Waals surface area contributed by atoms with Gasteiger partial charge in [0.2, 0.25) is 5.91 Å². The van der Waals surface area contributed by atoms with E-state index in [2.05, 4.69) is 58.8 Å². The highest BCUT2D eigenvalue weighted by atomic mass is 79.9. The van der Waals surface area contributed by atoms with Crippen LogP contribution < -0.4 is 5.32 Å². The molecule has 0 spiro atoms. The van der Waals surface area contributed by atoms with Gasteiger partial charge in [-0.2, -0.15) is 11.8 Å². The Morgan fingerprint density at radius 1 is 1.23 bits per heavy atom. The second-order valence-electron chi connectivity index (χ2n) is 8.03. The van der Waals surface area contributed by atoms with Gasteiger partial charge < -0.3 is 9.80 Å². The largest absolute Gasteiger partial charge is 0.323 e. The van der Waals surface area contributed by atoms with Gasteiger partial charge in [-0.3, -0.25) is 4.79 Å². The first-order valence-electron chi connectivity index (χ1n) is 10.3. The second kappa shape index (κ2) is 11.0. The van der Waals surface area contributed by atoms with E-state index in [9.17, 15) is 4.79 Å². The molecule has 1 N–H and O–H groups in total. The number of amides is 1. The Morgan fingerprint density at radius 3 is 2.63 bits per heavy atom. The van der Waals surface area contributed by atoms with Crippen LogP contribution in [0.15, 0.2) is 71.7 Å². The third-order valence-corrected chi connectivity index (χ3v) is 7.20. The predicted molar refractivity (Wildman–Crippen MR) is 134 cm³/mol. The molecule has 1 saturated heterocycles. The highest BCUT2D eigenvalue weighted by Gasteiger charge is 2.33. The fraction of sp³-hybridized carbons (Fsp3) is 0.320. The quantitative estimate of drug-likeness (QED) is 0.276. The number of rotatable bonds is 8. The minimum Gasteiger partial charge on any atom is -0.323 e. The molecule has 1 aliphatic rings. The van der Waals surface area contributed by atoms with E-state index in [1.165, 1.54) is 29.9 Å². The van der Waals surface area contributed by atoms with Gasteiger partial charge in [-0.15, -0.1) is 0 Å². The molecular weight excluding hydrogens is 456 g/mol. The lowest BCUT2D eigenvalue weighted by Crippen LogP contribution is -2.52. The number of hydrogen-bond acceptors (Lipinski definition) is 2. The van der Waals surface area contributed by atoms with Crippen LogP contribution in [-0.2, 0) is 11.3 Å². The predicted octanol–water partition coefficient (Wildman–Crippen LogP) is 6.13. The molecule has 0 radical (unpaired) electrons. The molecule has 1 heterocycles. The first-order valence-corrected chi connectivity index (χ1v) is 12.3. The lowest BCUT2D eigenvalue weighted by molar-refractivity contribution is -0.941. The molecule has 3 rings (SSSR count). The highest BCUT2D eigenvalue weighted by molar-refractivity contribution is 9.10. The first kappa shape index (κ1) is 22.9. The van der Waals surface area contributed by atoms with Crippen LogP contribution in [0, 0.1) is 0 Å².